The fourth-order valence-electron chi connectivity index (χ4n) is 2.25. The Labute approximate surface area is 118 Å². The molecular weight excluding hydrogens is 257 g/mol. The maximum atomic E-state index is 13.3. The molecule has 1 saturated heterocycles. The Balaban J connectivity index is 2.18. The molecule has 1 aliphatic rings. The molecule has 1 aliphatic heterocycles. The number of nitrogens with zero attached hydrogens (tertiary/aromatic N) is 1. The Kier molecular flexibility index (Phi) is 5.14. The van der Waals surface area contributed by atoms with Crippen LogP contribution in [0.2, 0.25) is 0 Å². The molecule has 1 aromatic rings. The van der Waals surface area contributed by atoms with Crippen LogP contribution in [-0.4, -0.2) is 29.1 Å². The van der Waals surface area contributed by atoms with Crippen LogP contribution in [0.15, 0.2) is 18.2 Å². The summed E-state index contributed by atoms with van der Waals surface area (Å²) in [4.78, 5) is 13.6. The van der Waals surface area contributed by atoms with E-state index in [1.54, 1.807) is 11.0 Å². The SMILES string of the molecule is O=C1CCCCN1Cc1ccc(F)cc1C#CCCO. The van der Waals surface area contributed by atoms with Crippen molar-refractivity contribution in [3.8, 4) is 11.8 Å². The van der Waals surface area contributed by atoms with E-state index in [0.717, 1.165) is 24.9 Å². The number of benzene rings is 1. The molecule has 20 heavy (non-hydrogen) atoms. The number of likely N-dealkylation sites (tertiary alicyclic amines) is 1. The number of piperidine rings is 1. The Hall–Kier alpha value is -1.86. The van der Waals surface area contributed by atoms with Gasteiger partial charge in [0, 0.05) is 31.5 Å². The molecule has 1 aromatic carbocycles. The first-order valence-electron chi connectivity index (χ1n) is 6.86. The average molecular weight is 275 g/mol. The lowest BCUT2D eigenvalue weighted by Gasteiger charge is -2.27. The highest BCUT2D eigenvalue weighted by Gasteiger charge is 2.18. The highest BCUT2D eigenvalue weighted by atomic mass is 19.1. The lowest BCUT2D eigenvalue weighted by Crippen LogP contribution is -2.34. The molecular formula is C16H18FNO2. The van der Waals surface area contributed by atoms with Gasteiger partial charge in [-0.05, 0) is 30.5 Å². The quantitative estimate of drug-likeness (QED) is 0.858. The topological polar surface area (TPSA) is 40.5 Å². The lowest BCUT2D eigenvalue weighted by molar-refractivity contribution is -0.133. The van der Waals surface area contributed by atoms with E-state index in [2.05, 4.69) is 11.8 Å². The third-order valence-electron chi connectivity index (χ3n) is 3.31. The van der Waals surface area contributed by atoms with Gasteiger partial charge in [-0.2, -0.15) is 0 Å². The van der Waals surface area contributed by atoms with Crippen LogP contribution in [0, 0.1) is 17.7 Å². The van der Waals surface area contributed by atoms with Crippen LogP contribution in [0.25, 0.3) is 0 Å². The first kappa shape index (κ1) is 14.5. The minimum Gasteiger partial charge on any atom is -0.395 e. The van der Waals surface area contributed by atoms with Gasteiger partial charge in [0.25, 0.3) is 0 Å². The summed E-state index contributed by atoms with van der Waals surface area (Å²) in [6, 6.07) is 4.45. The monoisotopic (exact) mass is 275 g/mol. The molecule has 0 aliphatic carbocycles. The maximum absolute atomic E-state index is 13.3. The van der Waals surface area contributed by atoms with Crippen LogP contribution in [0.1, 0.15) is 36.8 Å². The molecule has 0 saturated carbocycles. The number of amides is 1. The molecule has 1 fully saturated rings. The number of aliphatic hydroxyl groups is 1. The van der Waals surface area contributed by atoms with Crippen molar-refractivity contribution in [3.63, 3.8) is 0 Å². The molecule has 2 rings (SSSR count). The molecule has 0 spiro atoms. The van der Waals surface area contributed by atoms with Crippen molar-refractivity contribution >= 4 is 5.91 Å². The van der Waals surface area contributed by atoms with Gasteiger partial charge in [0.15, 0.2) is 0 Å². The zero-order valence-corrected chi connectivity index (χ0v) is 11.4. The molecule has 0 atom stereocenters. The van der Waals surface area contributed by atoms with E-state index in [9.17, 15) is 9.18 Å². The summed E-state index contributed by atoms with van der Waals surface area (Å²) in [5, 5.41) is 8.73. The molecule has 106 valence electrons. The number of hydrogen-bond acceptors (Lipinski definition) is 2. The first-order valence-corrected chi connectivity index (χ1v) is 6.86. The first-order chi connectivity index (χ1) is 9.70. The summed E-state index contributed by atoms with van der Waals surface area (Å²) >= 11 is 0. The summed E-state index contributed by atoms with van der Waals surface area (Å²) < 4.78 is 13.3. The summed E-state index contributed by atoms with van der Waals surface area (Å²) in [6.07, 6.45) is 2.91. The van der Waals surface area contributed by atoms with Crippen molar-refractivity contribution in [1.29, 1.82) is 0 Å². The maximum Gasteiger partial charge on any atom is 0.222 e. The number of carbonyl (C=O) groups is 1. The predicted molar refractivity (Wildman–Crippen MR) is 74.2 cm³/mol. The summed E-state index contributed by atoms with van der Waals surface area (Å²) in [6.45, 7) is 1.21. The van der Waals surface area contributed by atoms with Gasteiger partial charge >= 0.3 is 0 Å². The van der Waals surface area contributed by atoms with Gasteiger partial charge in [-0.25, -0.2) is 4.39 Å². The molecule has 3 nitrogen and oxygen atoms in total. The minimum absolute atomic E-state index is 0.0116. The smallest absolute Gasteiger partial charge is 0.222 e. The fraction of sp³-hybridized carbons (Fsp3) is 0.438. The normalized spacial score (nSPS) is 14.9. The van der Waals surface area contributed by atoms with Crippen molar-refractivity contribution in [2.75, 3.05) is 13.2 Å². The van der Waals surface area contributed by atoms with Crippen LogP contribution < -0.4 is 0 Å². The van der Waals surface area contributed by atoms with E-state index < -0.39 is 0 Å². The van der Waals surface area contributed by atoms with Crippen molar-refractivity contribution in [3.05, 3.63) is 35.1 Å². The largest absolute Gasteiger partial charge is 0.395 e. The molecule has 1 N–H and O–H groups in total. The van der Waals surface area contributed by atoms with Crippen molar-refractivity contribution in [2.24, 2.45) is 0 Å². The summed E-state index contributed by atoms with van der Waals surface area (Å²) in [7, 11) is 0. The summed E-state index contributed by atoms with van der Waals surface area (Å²) in [5.41, 5.74) is 1.45. The number of aliphatic hydroxyl groups excluding tert-OH is 1. The van der Waals surface area contributed by atoms with Gasteiger partial charge in [0.05, 0.1) is 6.61 Å². The molecule has 1 heterocycles. The number of hydrogen-bond donors (Lipinski definition) is 1. The van der Waals surface area contributed by atoms with Crippen LogP contribution in [-0.2, 0) is 11.3 Å². The van der Waals surface area contributed by atoms with Gasteiger partial charge in [-0.1, -0.05) is 17.9 Å². The third kappa shape index (κ3) is 3.82. The van der Waals surface area contributed by atoms with Gasteiger partial charge in [-0.3, -0.25) is 4.79 Å². The van der Waals surface area contributed by atoms with Gasteiger partial charge in [0.2, 0.25) is 5.91 Å². The van der Waals surface area contributed by atoms with E-state index in [0.29, 0.717) is 24.9 Å². The minimum atomic E-state index is -0.341. The molecule has 1 amide bonds. The molecule has 0 unspecified atom stereocenters. The van der Waals surface area contributed by atoms with Gasteiger partial charge in [0.1, 0.15) is 5.82 Å². The molecule has 0 aromatic heterocycles. The summed E-state index contributed by atoms with van der Waals surface area (Å²) in [5.74, 6) is 5.48. The van der Waals surface area contributed by atoms with E-state index in [1.807, 2.05) is 0 Å². The molecule has 0 bridgehead atoms. The third-order valence-corrected chi connectivity index (χ3v) is 3.31. The van der Waals surface area contributed by atoms with E-state index in [-0.39, 0.29) is 18.3 Å². The zero-order chi connectivity index (χ0) is 14.4. The van der Waals surface area contributed by atoms with E-state index >= 15 is 0 Å². The predicted octanol–water partition coefficient (Wildman–Crippen LogP) is 2.07. The Morgan fingerprint density at radius 1 is 1.35 bits per heavy atom. The van der Waals surface area contributed by atoms with Gasteiger partial charge in [-0.15, -0.1) is 0 Å². The fourth-order valence-corrected chi connectivity index (χ4v) is 2.25. The second-order valence-corrected chi connectivity index (χ2v) is 4.85. The van der Waals surface area contributed by atoms with Crippen molar-refractivity contribution in [1.82, 2.24) is 4.90 Å². The highest BCUT2D eigenvalue weighted by molar-refractivity contribution is 5.76. The Morgan fingerprint density at radius 3 is 2.95 bits per heavy atom. The number of carbonyl (C=O) groups excluding carboxylic acids is 1. The van der Waals surface area contributed by atoms with Crippen LogP contribution in [0.3, 0.4) is 0 Å². The Bertz CT molecular complexity index is 545. The molecule has 0 radical (unpaired) electrons. The average Bonchev–Trinajstić information content (AvgIpc) is 2.44. The van der Waals surface area contributed by atoms with Crippen LogP contribution >= 0.6 is 0 Å². The Morgan fingerprint density at radius 2 is 2.20 bits per heavy atom. The number of rotatable bonds is 3. The lowest BCUT2D eigenvalue weighted by atomic mass is 10.0. The van der Waals surface area contributed by atoms with E-state index in [1.165, 1.54) is 12.1 Å². The van der Waals surface area contributed by atoms with Gasteiger partial charge < -0.3 is 10.0 Å². The van der Waals surface area contributed by atoms with Crippen LogP contribution in [0.5, 0.6) is 0 Å². The second-order valence-electron chi connectivity index (χ2n) is 4.85. The second kappa shape index (κ2) is 7.06. The van der Waals surface area contributed by atoms with Crippen molar-refractivity contribution in [2.45, 2.75) is 32.2 Å². The zero-order valence-electron chi connectivity index (χ0n) is 11.4. The number of halogens is 1. The van der Waals surface area contributed by atoms with Crippen LogP contribution in [0.4, 0.5) is 4.39 Å². The van der Waals surface area contributed by atoms with Crippen molar-refractivity contribution < 1.29 is 14.3 Å². The van der Waals surface area contributed by atoms with E-state index in [4.69, 9.17) is 5.11 Å². The standard InChI is InChI=1S/C16H18FNO2/c17-15-8-7-14(13(11-15)5-2-4-10-19)12-18-9-3-1-6-16(18)20/h7-8,11,19H,1,3-4,6,9-10,12H2. The molecule has 4 heteroatoms. The highest BCUT2D eigenvalue weighted by Crippen LogP contribution is 2.17.